The van der Waals surface area contributed by atoms with Gasteiger partial charge in [-0.2, -0.15) is 0 Å². The van der Waals surface area contributed by atoms with Gasteiger partial charge in [0.1, 0.15) is 5.82 Å². The van der Waals surface area contributed by atoms with Gasteiger partial charge in [0.25, 0.3) is 0 Å². The van der Waals surface area contributed by atoms with Crippen LogP contribution in [0.1, 0.15) is 36.6 Å². The Morgan fingerprint density at radius 2 is 2.33 bits per heavy atom. The quantitative estimate of drug-likeness (QED) is 0.870. The lowest BCUT2D eigenvalue weighted by Crippen LogP contribution is -2.39. The molecule has 2 aliphatic rings. The van der Waals surface area contributed by atoms with Gasteiger partial charge in [-0.25, -0.2) is 4.98 Å². The Labute approximate surface area is 125 Å². The molecule has 0 spiro atoms. The number of nitrogens with one attached hydrogen (secondary N) is 1. The number of amides is 1. The third kappa shape index (κ3) is 2.39. The fourth-order valence-electron chi connectivity index (χ4n) is 3.56. The molecule has 1 amide bonds. The molecule has 0 saturated carbocycles. The monoisotopic (exact) mass is 288 g/mol. The highest BCUT2D eigenvalue weighted by molar-refractivity contribution is 5.83. The van der Waals surface area contributed by atoms with Gasteiger partial charge in [-0.1, -0.05) is 0 Å². The number of aryl methyl sites for hydroxylation is 2. The predicted molar refractivity (Wildman–Crippen MR) is 83.2 cm³/mol. The Kier molecular flexibility index (Phi) is 3.61. The van der Waals surface area contributed by atoms with Gasteiger partial charge >= 0.3 is 0 Å². The number of hydrogen-bond acceptors (Lipinski definition) is 4. The van der Waals surface area contributed by atoms with Gasteiger partial charge in [0.2, 0.25) is 5.91 Å². The molecule has 5 heteroatoms. The first-order valence-electron chi connectivity index (χ1n) is 7.76. The summed E-state index contributed by atoms with van der Waals surface area (Å²) in [7, 11) is 1.70. The van der Waals surface area contributed by atoms with Crippen LogP contribution in [-0.2, 0) is 24.2 Å². The second kappa shape index (κ2) is 5.30. The van der Waals surface area contributed by atoms with Crippen molar-refractivity contribution in [2.45, 2.75) is 39.2 Å². The van der Waals surface area contributed by atoms with E-state index in [2.05, 4.69) is 16.3 Å². The second-order valence-electron chi connectivity index (χ2n) is 6.45. The first-order valence-corrected chi connectivity index (χ1v) is 7.76. The first-order chi connectivity index (χ1) is 10.1. The molecule has 0 bridgehead atoms. The van der Waals surface area contributed by atoms with Crippen molar-refractivity contribution in [1.82, 2.24) is 10.3 Å². The van der Waals surface area contributed by atoms with E-state index in [-0.39, 0.29) is 11.3 Å². The second-order valence-corrected chi connectivity index (χ2v) is 6.45. The molecule has 1 aliphatic carbocycles. The molecule has 1 atom stereocenters. The van der Waals surface area contributed by atoms with E-state index in [0.29, 0.717) is 13.1 Å². The van der Waals surface area contributed by atoms with Crippen molar-refractivity contribution in [1.29, 1.82) is 0 Å². The molecule has 1 aliphatic heterocycles. The van der Waals surface area contributed by atoms with Crippen molar-refractivity contribution in [3.05, 3.63) is 22.9 Å². The summed E-state index contributed by atoms with van der Waals surface area (Å²) in [6.45, 7) is 4.11. The lowest BCUT2D eigenvalue weighted by atomic mass is 9.89. The SMILES string of the molecule is CNC(=O)C1(C)CCN(c2nc3c(cc2CN)CCC3)C1. The van der Waals surface area contributed by atoms with Crippen molar-refractivity contribution >= 4 is 11.7 Å². The number of nitrogens with zero attached hydrogens (tertiary/aromatic N) is 2. The van der Waals surface area contributed by atoms with E-state index in [1.54, 1.807) is 7.05 Å². The number of aromatic nitrogens is 1. The lowest BCUT2D eigenvalue weighted by molar-refractivity contribution is -0.128. The molecule has 1 unspecified atom stereocenters. The third-order valence-electron chi connectivity index (χ3n) is 4.87. The molecule has 2 heterocycles. The lowest BCUT2D eigenvalue weighted by Gasteiger charge is -2.25. The standard InChI is InChI=1S/C16H24N4O/c1-16(15(21)18-2)6-7-20(10-16)14-12(9-17)8-11-4-3-5-13(11)19-14/h8H,3-7,9-10,17H2,1-2H3,(H,18,21). The number of rotatable bonds is 3. The fourth-order valence-corrected chi connectivity index (χ4v) is 3.56. The molecular weight excluding hydrogens is 264 g/mol. The summed E-state index contributed by atoms with van der Waals surface area (Å²) in [6.07, 6.45) is 4.22. The van der Waals surface area contributed by atoms with Gasteiger partial charge in [-0.15, -0.1) is 0 Å². The summed E-state index contributed by atoms with van der Waals surface area (Å²) < 4.78 is 0. The maximum absolute atomic E-state index is 12.1. The molecule has 5 nitrogen and oxygen atoms in total. The first kappa shape index (κ1) is 14.3. The molecule has 1 fully saturated rings. The maximum Gasteiger partial charge on any atom is 0.227 e. The molecule has 1 saturated heterocycles. The van der Waals surface area contributed by atoms with Gasteiger partial charge in [0.15, 0.2) is 0 Å². The molecule has 21 heavy (non-hydrogen) atoms. The summed E-state index contributed by atoms with van der Waals surface area (Å²) in [4.78, 5) is 19.2. The zero-order chi connectivity index (χ0) is 15.0. The Morgan fingerprint density at radius 1 is 1.52 bits per heavy atom. The summed E-state index contributed by atoms with van der Waals surface area (Å²) in [5, 5.41) is 2.78. The third-order valence-corrected chi connectivity index (χ3v) is 4.87. The minimum atomic E-state index is -0.332. The summed E-state index contributed by atoms with van der Waals surface area (Å²) in [5.41, 5.74) is 9.27. The number of carbonyl (C=O) groups is 1. The average molecular weight is 288 g/mol. The number of anilines is 1. The molecule has 0 aromatic carbocycles. The Morgan fingerprint density at radius 3 is 3.05 bits per heavy atom. The van der Waals surface area contributed by atoms with Crippen molar-refractivity contribution in [3.63, 3.8) is 0 Å². The Balaban J connectivity index is 1.90. The highest BCUT2D eigenvalue weighted by atomic mass is 16.2. The Hall–Kier alpha value is -1.62. The van der Waals surface area contributed by atoms with Crippen LogP contribution >= 0.6 is 0 Å². The highest BCUT2D eigenvalue weighted by Gasteiger charge is 2.40. The smallest absolute Gasteiger partial charge is 0.227 e. The molecule has 3 rings (SSSR count). The van der Waals surface area contributed by atoms with Gasteiger partial charge in [-0.05, 0) is 44.2 Å². The van der Waals surface area contributed by atoms with Crippen molar-refractivity contribution in [2.75, 3.05) is 25.0 Å². The van der Waals surface area contributed by atoms with E-state index in [4.69, 9.17) is 10.7 Å². The van der Waals surface area contributed by atoms with Crippen molar-refractivity contribution in [2.24, 2.45) is 11.1 Å². The van der Waals surface area contributed by atoms with Gasteiger partial charge in [0, 0.05) is 37.9 Å². The van der Waals surface area contributed by atoms with Gasteiger partial charge in [-0.3, -0.25) is 4.79 Å². The number of nitrogens with two attached hydrogens (primary N) is 1. The molecular formula is C16H24N4O. The van der Waals surface area contributed by atoms with E-state index >= 15 is 0 Å². The van der Waals surface area contributed by atoms with Gasteiger partial charge < -0.3 is 16.0 Å². The minimum absolute atomic E-state index is 0.112. The molecule has 114 valence electrons. The zero-order valence-corrected chi connectivity index (χ0v) is 12.9. The number of pyridine rings is 1. The van der Waals surface area contributed by atoms with Crippen LogP contribution in [0.25, 0.3) is 0 Å². The summed E-state index contributed by atoms with van der Waals surface area (Å²) in [5.74, 6) is 1.10. The summed E-state index contributed by atoms with van der Waals surface area (Å²) in [6, 6.07) is 2.22. The largest absolute Gasteiger partial charge is 0.359 e. The normalized spacial score (nSPS) is 24.2. The van der Waals surface area contributed by atoms with E-state index in [1.807, 2.05) is 6.92 Å². The molecule has 1 aromatic heterocycles. The number of hydrogen-bond donors (Lipinski definition) is 2. The highest BCUT2D eigenvalue weighted by Crippen LogP contribution is 2.35. The van der Waals surface area contributed by atoms with Crippen LogP contribution < -0.4 is 16.0 Å². The number of carbonyl (C=O) groups excluding carboxylic acids is 1. The predicted octanol–water partition coefficient (Wildman–Crippen LogP) is 0.991. The van der Waals surface area contributed by atoms with Crippen molar-refractivity contribution < 1.29 is 4.79 Å². The van der Waals surface area contributed by atoms with Crippen LogP contribution in [0.3, 0.4) is 0 Å². The minimum Gasteiger partial charge on any atom is -0.359 e. The van der Waals surface area contributed by atoms with E-state index < -0.39 is 0 Å². The van der Waals surface area contributed by atoms with E-state index in [0.717, 1.165) is 37.2 Å². The topological polar surface area (TPSA) is 71.2 Å². The average Bonchev–Trinajstić information content (AvgIpc) is 3.11. The van der Waals surface area contributed by atoms with Crippen molar-refractivity contribution in [3.8, 4) is 0 Å². The van der Waals surface area contributed by atoms with Crippen LogP contribution in [0.2, 0.25) is 0 Å². The van der Waals surface area contributed by atoms with Crippen LogP contribution in [-0.4, -0.2) is 31.0 Å². The van der Waals surface area contributed by atoms with Crippen LogP contribution in [0, 0.1) is 5.41 Å². The van der Waals surface area contributed by atoms with E-state index in [1.165, 1.54) is 17.7 Å². The Bertz CT molecular complexity index is 572. The van der Waals surface area contributed by atoms with Crippen LogP contribution in [0.5, 0.6) is 0 Å². The van der Waals surface area contributed by atoms with Gasteiger partial charge in [0.05, 0.1) is 5.41 Å². The molecule has 1 aromatic rings. The molecule has 0 radical (unpaired) electrons. The van der Waals surface area contributed by atoms with Crippen LogP contribution in [0.15, 0.2) is 6.07 Å². The van der Waals surface area contributed by atoms with Crippen LogP contribution in [0.4, 0.5) is 5.82 Å². The zero-order valence-electron chi connectivity index (χ0n) is 12.9. The maximum atomic E-state index is 12.1. The molecule has 3 N–H and O–H groups in total. The fraction of sp³-hybridized carbons (Fsp3) is 0.625. The number of fused-ring (bicyclic) bond motifs is 1. The van der Waals surface area contributed by atoms with E-state index in [9.17, 15) is 4.79 Å². The summed E-state index contributed by atoms with van der Waals surface area (Å²) >= 11 is 0.